The molecule has 1 heterocycles. The summed E-state index contributed by atoms with van der Waals surface area (Å²) in [5.74, 6) is 0.103. The van der Waals surface area contributed by atoms with Gasteiger partial charge in [0.05, 0.1) is 25.1 Å². The summed E-state index contributed by atoms with van der Waals surface area (Å²) < 4.78 is 10.6. The highest BCUT2D eigenvalue weighted by molar-refractivity contribution is 6.30. The van der Waals surface area contributed by atoms with Gasteiger partial charge in [-0.1, -0.05) is 37.6 Å². The first-order valence-electron chi connectivity index (χ1n) is 7.49. The summed E-state index contributed by atoms with van der Waals surface area (Å²) in [6.07, 6.45) is 0. The van der Waals surface area contributed by atoms with Gasteiger partial charge in [0.15, 0.2) is 0 Å². The van der Waals surface area contributed by atoms with Gasteiger partial charge in [-0.15, -0.1) is 0 Å². The van der Waals surface area contributed by atoms with Crippen LogP contribution in [0.3, 0.4) is 0 Å². The Morgan fingerprint density at radius 2 is 1.91 bits per heavy atom. The summed E-state index contributed by atoms with van der Waals surface area (Å²) in [5, 5.41) is 0.661. The van der Waals surface area contributed by atoms with E-state index in [1.165, 1.54) is 7.11 Å². The minimum atomic E-state index is -0.438. The predicted octanol–water partition coefficient (Wildman–Crippen LogP) is 4.71. The lowest BCUT2D eigenvalue weighted by Gasteiger charge is -2.17. The molecular weight excluding hydrogens is 314 g/mol. The normalized spacial score (nSPS) is 10.7. The molecule has 23 heavy (non-hydrogen) atoms. The Balaban J connectivity index is 2.66. The fourth-order valence-electron chi connectivity index (χ4n) is 2.30. The maximum Gasteiger partial charge on any atom is 0.343 e. The van der Waals surface area contributed by atoms with E-state index in [1.807, 2.05) is 45.0 Å². The van der Waals surface area contributed by atoms with Crippen molar-refractivity contribution in [3.05, 3.63) is 46.6 Å². The Morgan fingerprint density at radius 1 is 1.26 bits per heavy atom. The number of ether oxygens (including phenoxy) is 2. The molecule has 0 saturated carbocycles. The molecule has 0 spiro atoms. The Bertz CT molecular complexity index is 696. The van der Waals surface area contributed by atoms with Crippen molar-refractivity contribution in [3.8, 4) is 17.0 Å². The summed E-state index contributed by atoms with van der Waals surface area (Å²) in [7, 11) is 1.36. The van der Waals surface area contributed by atoms with E-state index in [0.29, 0.717) is 28.6 Å². The Labute approximate surface area is 141 Å². The van der Waals surface area contributed by atoms with Crippen LogP contribution in [-0.4, -0.2) is 24.7 Å². The molecule has 1 aromatic heterocycles. The monoisotopic (exact) mass is 333 g/mol. The van der Waals surface area contributed by atoms with Crippen LogP contribution < -0.4 is 4.74 Å². The second-order valence-corrected chi connectivity index (χ2v) is 5.79. The molecule has 5 heteroatoms. The standard InChI is InChI=1S/C18H20ClNO3/c1-5-23-15-10-14(12-6-8-13(19)9-7-12)20-17(11(2)3)16(15)18(21)22-4/h6-11H,5H2,1-4H3. The van der Waals surface area contributed by atoms with Crippen molar-refractivity contribution in [1.29, 1.82) is 0 Å². The second kappa shape index (κ2) is 7.47. The fraction of sp³-hybridized carbons (Fsp3) is 0.333. The molecule has 0 aliphatic carbocycles. The first kappa shape index (κ1) is 17.3. The number of benzene rings is 1. The zero-order chi connectivity index (χ0) is 17.0. The Morgan fingerprint density at radius 3 is 2.43 bits per heavy atom. The van der Waals surface area contributed by atoms with Crippen molar-refractivity contribution in [2.75, 3.05) is 13.7 Å². The van der Waals surface area contributed by atoms with E-state index < -0.39 is 5.97 Å². The highest BCUT2D eigenvalue weighted by Crippen LogP contribution is 2.32. The molecule has 0 bridgehead atoms. The summed E-state index contributed by atoms with van der Waals surface area (Å²) in [6.45, 7) is 6.29. The smallest absolute Gasteiger partial charge is 0.343 e. The highest BCUT2D eigenvalue weighted by atomic mass is 35.5. The van der Waals surface area contributed by atoms with E-state index in [4.69, 9.17) is 21.1 Å². The molecule has 0 N–H and O–H groups in total. The van der Waals surface area contributed by atoms with E-state index in [9.17, 15) is 4.79 Å². The van der Waals surface area contributed by atoms with Crippen molar-refractivity contribution in [2.45, 2.75) is 26.7 Å². The van der Waals surface area contributed by atoms with Gasteiger partial charge in [0, 0.05) is 16.7 Å². The van der Waals surface area contributed by atoms with Crippen LogP contribution in [-0.2, 0) is 4.74 Å². The first-order chi connectivity index (χ1) is 11.0. The molecule has 0 fully saturated rings. The third-order valence-electron chi connectivity index (χ3n) is 3.39. The van der Waals surface area contributed by atoms with Crippen molar-refractivity contribution in [1.82, 2.24) is 4.98 Å². The maximum absolute atomic E-state index is 12.2. The number of esters is 1. The SMILES string of the molecule is CCOc1cc(-c2ccc(Cl)cc2)nc(C(C)C)c1C(=O)OC. The summed E-state index contributed by atoms with van der Waals surface area (Å²) >= 11 is 5.94. The van der Waals surface area contributed by atoms with E-state index in [2.05, 4.69) is 4.98 Å². The number of halogens is 1. The summed E-state index contributed by atoms with van der Waals surface area (Å²) in [6, 6.07) is 9.17. The van der Waals surface area contributed by atoms with Gasteiger partial charge in [0.25, 0.3) is 0 Å². The number of hydrogen-bond donors (Lipinski definition) is 0. The van der Waals surface area contributed by atoms with Crippen molar-refractivity contribution < 1.29 is 14.3 Å². The lowest BCUT2D eigenvalue weighted by Crippen LogP contribution is -2.13. The molecule has 0 unspecified atom stereocenters. The van der Waals surface area contributed by atoms with Gasteiger partial charge in [-0.05, 0) is 25.0 Å². The van der Waals surface area contributed by atoms with Gasteiger partial charge in [0.1, 0.15) is 11.3 Å². The quantitative estimate of drug-likeness (QED) is 0.743. The third-order valence-corrected chi connectivity index (χ3v) is 3.64. The van der Waals surface area contributed by atoms with E-state index in [1.54, 1.807) is 6.07 Å². The molecule has 0 aliphatic heterocycles. The lowest BCUT2D eigenvalue weighted by atomic mass is 10.0. The Hall–Kier alpha value is -2.07. The molecule has 0 amide bonds. The average molecular weight is 334 g/mol. The van der Waals surface area contributed by atoms with Crippen LogP contribution in [0.25, 0.3) is 11.3 Å². The van der Waals surface area contributed by atoms with Crippen LogP contribution in [0.2, 0.25) is 5.02 Å². The number of aromatic nitrogens is 1. The third kappa shape index (κ3) is 3.82. The topological polar surface area (TPSA) is 48.4 Å². The number of nitrogens with zero attached hydrogens (tertiary/aromatic N) is 1. The average Bonchev–Trinajstić information content (AvgIpc) is 2.54. The van der Waals surface area contributed by atoms with Gasteiger partial charge >= 0.3 is 5.97 Å². The molecule has 4 nitrogen and oxygen atoms in total. The molecule has 0 aliphatic rings. The molecule has 1 aromatic carbocycles. The van der Waals surface area contributed by atoms with Gasteiger partial charge in [-0.2, -0.15) is 0 Å². The molecule has 2 aromatic rings. The van der Waals surface area contributed by atoms with Gasteiger partial charge < -0.3 is 9.47 Å². The van der Waals surface area contributed by atoms with Gasteiger partial charge in [-0.3, -0.25) is 4.98 Å². The van der Waals surface area contributed by atoms with Gasteiger partial charge in [0.2, 0.25) is 0 Å². The summed E-state index contributed by atoms with van der Waals surface area (Å²) in [5.41, 5.74) is 2.70. The van der Waals surface area contributed by atoms with E-state index in [0.717, 1.165) is 11.3 Å². The molecule has 0 saturated heterocycles. The number of rotatable bonds is 5. The maximum atomic E-state index is 12.2. The minimum Gasteiger partial charge on any atom is -0.493 e. The second-order valence-electron chi connectivity index (χ2n) is 5.35. The zero-order valence-corrected chi connectivity index (χ0v) is 14.5. The largest absolute Gasteiger partial charge is 0.493 e. The number of pyridine rings is 1. The van der Waals surface area contributed by atoms with E-state index >= 15 is 0 Å². The van der Waals surface area contributed by atoms with Crippen LogP contribution in [0.5, 0.6) is 5.75 Å². The number of methoxy groups -OCH3 is 1. The van der Waals surface area contributed by atoms with Crippen molar-refractivity contribution in [2.24, 2.45) is 0 Å². The van der Waals surface area contributed by atoms with Crippen LogP contribution in [0, 0.1) is 0 Å². The van der Waals surface area contributed by atoms with Crippen LogP contribution >= 0.6 is 11.6 Å². The number of hydrogen-bond acceptors (Lipinski definition) is 4. The molecule has 122 valence electrons. The number of carbonyl (C=O) groups excluding carboxylic acids is 1. The molecule has 2 rings (SSSR count). The minimum absolute atomic E-state index is 0.0514. The van der Waals surface area contributed by atoms with Crippen molar-refractivity contribution in [3.63, 3.8) is 0 Å². The molecule has 0 atom stereocenters. The predicted molar refractivity (Wildman–Crippen MR) is 91.3 cm³/mol. The zero-order valence-electron chi connectivity index (χ0n) is 13.7. The lowest BCUT2D eigenvalue weighted by molar-refractivity contribution is 0.0594. The number of carbonyl (C=O) groups is 1. The fourth-order valence-corrected chi connectivity index (χ4v) is 2.43. The first-order valence-corrected chi connectivity index (χ1v) is 7.87. The molecule has 0 radical (unpaired) electrons. The van der Waals surface area contributed by atoms with Crippen LogP contribution in [0.1, 0.15) is 42.7 Å². The van der Waals surface area contributed by atoms with E-state index in [-0.39, 0.29) is 5.92 Å². The summed E-state index contributed by atoms with van der Waals surface area (Å²) in [4.78, 5) is 16.8. The molecular formula is C18H20ClNO3. The highest BCUT2D eigenvalue weighted by Gasteiger charge is 2.23. The van der Waals surface area contributed by atoms with Gasteiger partial charge in [-0.25, -0.2) is 4.79 Å². The van der Waals surface area contributed by atoms with Crippen LogP contribution in [0.15, 0.2) is 30.3 Å². The Kier molecular flexibility index (Phi) is 5.61. The van der Waals surface area contributed by atoms with Crippen LogP contribution in [0.4, 0.5) is 0 Å². The van der Waals surface area contributed by atoms with Crippen molar-refractivity contribution >= 4 is 17.6 Å².